The molecular formula is C2H5Cl3O2S. The van der Waals surface area contributed by atoms with Crippen LogP contribution in [0.3, 0.4) is 0 Å². The summed E-state index contributed by atoms with van der Waals surface area (Å²) >= 11 is 5.02. The lowest BCUT2D eigenvalue weighted by Gasteiger charge is -1.82. The van der Waals surface area contributed by atoms with E-state index in [9.17, 15) is 8.42 Å². The van der Waals surface area contributed by atoms with Gasteiger partial charge in [-0.15, -0.1) is 24.0 Å². The van der Waals surface area contributed by atoms with E-state index in [2.05, 4.69) is 0 Å². The molecule has 0 aliphatic heterocycles. The Kier molecular flexibility index (Phi) is 6.78. The molecule has 0 radical (unpaired) electrons. The molecule has 0 heterocycles. The SMILES string of the molecule is Cl.O=S(=O)(Cl)CCCl. The van der Waals surface area contributed by atoms with Crippen molar-refractivity contribution in [2.45, 2.75) is 0 Å². The molecule has 8 heavy (non-hydrogen) atoms. The second-order valence-corrected chi connectivity index (χ2v) is 4.21. The third-order valence-corrected chi connectivity index (χ3v) is 1.89. The third-order valence-electron chi connectivity index (χ3n) is 0.321. The van der Waals surface area contributed by atoms with Crippen molar-refractivity contribution in [3.05, 3.63) is 0 Å². The standard InChI is InChI=1S/C2H4Cl2O2S.ClH/c3-1-2-7(4,5)6;/h1-2H2;1H. The summed E-state index contributed by atoms with van der Waals surface area (Å²) < 4.78 is 19.8. The molecule has 0 aliphatic carbocycles. The molecule has 0 aliphatic rings. The molecule has 0 aromatic carbocycles. The second-order valence-electron chi connectivity index (χ2n) is 0.932. The van der Waals surface area contributed by atoms with Crippen LogP contribution in [0.15, 0.2) is 0 Å². The average molecular weight is 199 g/mol. The highest BCUT2D eigenvalue weighted by molar-refractivity contribution is 8.13. The van der Waals surface area contributed by atoms with Gasteiger partial charge in [0.15, 0.2) is 0 Å². The van der Waals surface area contributed by atoms with Gasteiger partial charge in [0.05, 0.1) is 5.75 Å². The van der Waals surface area contributed by atoms with Gasteiger partial charge in [-0.1, -0.05) is 0 Å². The fourth-order valence-electron chi connectivity index (χ4n) is 0.0922. The highest BCUT2D eigenvalue weighted by atomic mass is 35.7. The van der Waals surface area contributed by atoms with Crippen LogP contribution in [-0.2, 0) is 9.05 Å². The van der Waals surface area contributed by atoms with Crippen LogP contribution in [0.4, 0.5) is 0 Å². The molecule has 0 rings (SSSR count). The van der Waals surface area contributed by atoms with Crippen molar-refractivity contribution in [3.63, 3.8) is 0 Å². The Balaban J connectivity index is 0. The molecule has 0 spiro atoms. The van der Waals surface area contributed by atoms with E-state index in [1.54, 1.807) is 0 Å². The molecule has 0 aromatic rings. The second kappa shape index (κ2) is 4.68. The van der Waals surface area contributed by atoms with Crippen LogP contribution < -0.4 is 0 Å². The Labute approximate surface area is 64.0 Å². The van der Waals surface area contributed by atoms with Gasteiger partial charge < -0.3 is 0 Å². The maximum atomic E-state index is 9.91. The Morgan fingerprint density at radius 3 is 1.75 bits per heavy atom. The molecule has 0 N–H and O–H groups in total. The maximum Gasteiger partial charge on any atom is 0.233 e. The first-order valence-corrected chi connectivity index (χ1v) is 4.56. The molecule has 0 amide bonds. The van der Waals surface area contributed by atoms with Crippen LogP contribution in [0.25, 0.3) is 0 Å². The van der Waals surface area contributed by atoms with Gasteiger partial charge in [-0.25, -0.2) is 8.42 Å². The number of halogens is 3. The van der Waals surface area contributed by atoms with Crippen LogP contribution in [0, 0.1) is 0 Å². The Morgan fingerprint density at radius 2 is 1.75 bits per heavy atom. The van der Waals surface area contributed by atoms with Crippen LogP contribution >= 0.6 is 34.7 Å². The molecule has 0 bridgehead atoms. The predicted octanol–water partition coefficient (Wildman–Crippen LogP) is 1.22. The normalized spacial score (nSPS) is 10.2. The van der Waals surface area contributed by atoms with Crippen LogP contribution in [0.1, 0.15) is 0 Å². The highest BCUT2D eigenvalue weighted by Crippen LogP contribution is 1.95. The van der Waals surface area contributed by atoms with E-state index in [0.29, 0.717) is 0 Å². The summed E-state index contributed by atoms with van der Waals surface area (Å²) in [5, 5.41) is 0. The first-order chi connectivity index (χ1) is 3.06. The number of rotatable bonds is 2. The van der Waals surface area contributed by atoms with E-state index in [0.717, 1.165) is 0 Å². The van der Waals surface area contributed by atoms with Crippen molar-refractivity contribution >= 4 is 43.7 Å². The first kappa shape index (κ1) is 11.6. The molecule has 2 nitrogen and oxygen atoms in total. The van der Waals surface area contributed by atoms with Gasteiger partial charge in [0.25, 0.3) is 0 Å². The van der Waals surface area contributed by atoms with Gasteiger partial charge in [0.1, 0.15) is 0 Å². The van der Waals surface area contributed by atoms with E-state index >= 15 is 0 Å². The van der Waals surface area contributed by atoms with Gasteiger partial charge in [-0.05, 0) is 0 Å². The fraction of sp³-hybridized carbons (Fsp3) is 1.00. The smallest absolute Gasteiger partial charge is 0.212 e. The summed E-state index contributed by atoms with van der Waals surface area (Å²) in [7, 11) is 1.39. The summed E-state index contributed by atoms with van der Waals surface area (Å²) in [5.74, 6) is -0.0953. The predicted molar refractivity (Wildman–Crippen MR) is 37.6 cm³/mol. The Morgan fingerprint density at radius 1 is 1.38 bits per heavy atom. The van der Waals surface area contributed by atoms with Gasteiger partial charge in [0.2, 0.25) is 9.05 Å². The molecule has 0 saturated carbocycles. The van der Waals surface area contributed by atoms with Crippen molar-refractivity contribution < 1.29 is 8.42 Å². The van der Waals surface area contributed by atoms with Crippen LogP contribution in [0.2, 0.25) is 0 Å². The molecule has 6 heteroatoms. The van der Waals surface area contributed by atoms with Crippen molar-refractivity contribution in [1.29, 1.82) is 0 Å². The Hall–Kier alpha value is 0.820. The summed E-state index contributed by atoms with van der Waals surface area (Å²) in [6, 6.07) is 0. The lowest BCUT2D eigenvalue weighted by atomic mass is 11.0. The zero-order valence-electron chi connectivity index (χ0n) is 3.80. The minimum Gasteiger partial charge on any atom is -0.212 e. The lowest BCUT2D eigenvalue weighted by molar-refractivity contribution is 0.611. The molecule has 0 atom stereocenters. The number of hydrogen-bond acceptors (Lipinski definition) is 2. The van der Waals surface area contributed by atoms with Crippen molar-refractivity contribution in [1.82, 2.24) is 0 Å². The molecule has 0 aromatic heterocycles. The monoisotopic (exact) mass is 198 g/mol. The lowest BCUT2D eigenvalue weighted by Crippen LogP contribution is -1.96. The summed E-state index contributed by atoms with van der Waals surface area (Å²) in [5.41, 5.74) is 0. The minimum absolute atomic E-state index is 0. The first-order valence-electron chi connectivity index (χ1n) is 1.54. The number of alkyl halides is 1. The zero-order valence-corrected chi connectivity index (χ0v) is 6.95. The topological polar surface area (TPSA) is 34.1 Å². The summed E-state index contributed by atoms with van der Waals surface area (Å²) in [6.07, 6.45) is 0. The van der Waals surface area contributed by atoms with Crippen LogP contribution in [0.5, 0.6) is 0 Å². The van der Waals surface area contributed by atoms with E-state index in [4.69, 9.17) is 22.3 Å². The Bertz CT molecular complexity index is 128. The van der Waals surface area contributed by atoms with Crippen LogP contribution in [-0.4, -0.2) is 20.1 Å². The fourth-order valence-corrected chi connectivity index (χ4v) is 1.35. The molecule has 0 saturated heterocycles. The molecule has 0 unspecified atom stereocenters. The molecule has 52 valence electrons. The van der Waals surface area contributed by atoms with Gasteiger partial charge in [-0.3, -0.25) is 0 Å². The largest absolute Gasteiger partial charge is 0.233 e. The maximum absolute atomic E-state index is 9.91. The number of hydrogen-bond donors (Lipinski definition) is 0. The average Bonchev–Trinajstić information content (AvgIpc) is 1.30. The highest BCUT2D eigenvalue weighted by Gasteiger charge is 2.00. The van der Waals surface area contributed by atoms with E-state index in [-0.39, 0.29) is 24.0 Å². The summed E-state index contributed by atoms with van der Waals surface area (Å²) in [6.45, 7) is 0. The van der Waals surface area contributed by atoms with Crippen molar-refractivity contribution in [2.24, 2.45) is 0 Å². The van der Waals surface area contributed by atoms with Gasteiger partial charge >= 0.3 is 0 Å². The van der Waals surface area contributed by atoms with Crippen molar-refractivity contribution in [3.8, 4) is 0 Å². The molecular weight excluding hydrogens is 194 g/mol. The molecule has 0 fully saturated rings. The van der Waals surface area contributed by atoms with E-state index in [1.165, 1.54) is 0 Å². The summed E-state index contributed by atoms with van der Waals surface area (Å²) in [4.78, 5) is 0. The van der Waals surface area contributed by atoms with Gasteiger partial charge in [-0.2, -0.15) is 0 Å². The zero-order chi connectivity index (χ0) is 5.91. The minimum atomic E-state index is -3.33. The third kappa shape index (κ3) is 9.94. The van der Waals surface area contributed by atoms with E-state index in [1.807, 2.05) is 0 Å². The quantitative estimate of drug-likeness (QED) is 0.495. The van der Waals surface area contributed by atoms with E-state index < -0.39 is 9.05 Å². The van der Waals surface area contributed by atoms with Crippen molar-refractivity contribution in [2.75, 3.05) is 11.6 Å². The van der Waals surface area contributed by atoms with Gasteiger partial charge in [0, 0.05) is 16.6 Å².